The van der Waals surface area contributed by atoms with E-state index < -0.39 is 4.64 Å². The van der Waals surface area contributed by atoms with Crippen LogP contribution in [0.1, 0.15) is 83.1 Å². The molecule has 0 aromatic carbocycles. The Morgan fingerprint density at radius 3 is 1.05 bits per heavy atom. The van der Waals surface area contributed by atoms with Crippen molar-refractivity contribution in [3.63, 3.8) is 0 Å². The van der Waals surface area contributed by atoms with Crippen LogP contribution in [-0.4, -0.2) is 41.9 Å². The van der Waals surface area contributed by atoms with Gasteiger partial charge in [0, 0.05) is 0 Å². The van der Waals surface area contributed by atoms with Crippen LogP contribution >= 0.6 is 12.4 Å². The molecule has 1 nitrogen and oxygen atoms in total. The number of hydrogen-bond donors (Lipinski definition) is 0. The summed E-state index contributed by atoms with van der Waals surface area (Å²) in [5.74, 6) is 0. The Bertz CT molecular complexity index is 389. The van der Waals surface area contributed by atoms with Gasteiger partial charge in [0.2, 0.25) is 0 Å². The first kappa shape index (κ1) is 21.3. The molecule has 0 amide bonds. The summed E-state index contributed by atoms with van der Waals surface area (Å²) in [5, 5.41) is 1.08. The van der Waals surface area contributed by atoms with Gasteiger partial charge in [-0.2, -0.15) is 0 Å². The topological polar surface area (TPSA) is 12.4 Å². The van der Waals surface area contributed by atoms with E-state index in [4.69, 9.17) is 4.52 Å². The van der Waals surface area contributed by atoms with Crippen molar-refractivity contribution in [1.29, 1.82) is 0 Å². The van der Waals surface area contributed by atoms with E-state index in [1.807, 2.05) is 0 Å². The van der Waals surface area contributed by atoms with Crippen molar-refractivity contribution >= 4 is 33.6 Å². The molecule has 0 bridgehead atoms. The van der Waals surface area contributed by atoms with Crippen LogP contribution in [0.4, 0.5) is 0 Å². The number of nitrogens with zero attached hydrogens (tertiary/aromatic N) is 1. The molecule has 0 rings (SSSR count). The SMILES string of the molecule is CC(C)(C)[P+](=NP(=[Te])(C(C)(C)C)C(C)(C)C)C(C)(C)C. The van der Waals surface area contributed by atoms with Crippen LogP contribution in [0.5, 0.6) is 0 Å². The number of rotatable bonds is 1. The van der Waals surface area contributed by atoms with Crippen molar-refractivity contribution in [3.8, 4) is 0 Å². The number of hydrogen-bond acceptors (Lipinski definition) is 1. The molecule has 0 atom stereocenters. The third-order valence-electron chi connectivity index (χ3n) is 3.30. The minimum atomic E-state index is -1.42. The summed E-state index contributed by atoms with van der Waals surface area (Å²) in [6, 6.07) is 0. The molecular formula is C16H36NP2Te+. The zero-order valence-corrected chi connectivity index (χ0v) is 19.9. The van der Waals surface area contributed by atoms with Crippen LogP contribution < -0.4 is 0 Å². The van der Waals surface area contributed by atoms with E-state index in [9.17, 15) is 0 Å². The first-order valence-corrected chi connectivity index (χ1v) is 13.6. The Morgan fingerprint density at radius 1 is 0.650 bits per heavy atom. The third kappa shape index (κ3) is 4.92. The van der Waals surface area contributed by atoms with Crippen LogP contribution in [0.15, 0.2) is 4.52 Å². The molecule has 0 N–H and O–H groups in total. The molecule has 0 aliphatic rings. The van der Waals surface area contributed by atoms with E-state index in [2.05, 4.69) is 104 Å². The quantitative estimate of drug-likeness (QED) is 0.317. The molecule has 0 fully saturated rings. The van der Waals surface area contributed by atoms with Gasteiger partial charge >= 0.3 is 142 Å². The summed E-state index contributed by atoms with van der Waals surface area (Å²) >= 11 is 2.38. The Morgan fingerprint density at radius 2 is 0.900 bits per heavy atom. The van der Waals surface area contributed by atoms with Crippen LogP contribution in [-0.2, 0) is 0 Å². The molecular weight excluding hydrogens is 396 g/mol. The van der Waals surface area contributed by atoms with E-state index in [0.717, 1.165) is 0 Å². The summed E-state index contributed by atoms with van der Waals surface area (Å²) in [5.41, 5.74) is 0. The van der Waals surface area contributed by atoms with Gasteiger partial charge in [0.25, 0.3) is 0 Å². The normalized spacial score (nSPS) is 15.2. The summed E-state index contributed by atoms with van der Waals surface area (Å²) in [6.07, 6.45) is 0. The average Bonchev–Trinajstić information content (AvgIpc) is 2.05. The summed E-state index contributed by atoms with van der Waals surface area (Å²) < 4.78 is 4.25. The van der Waals surface area contributed by atoms with Gasteiger partial charge in [0.05, 0.1) is 0 Å². The summed E-state index contributed by atoms with van der Waals surface area (Å²) in [4.78, 5) is 0. The van der Waals surface area contributed by atoms with Crippen LogP contribution in [0, 0.1) is 0 Å². The van der Waals surface area contributed by atoms with Crippen LogP contribution in [0.2, 0.25) is 0 Å². The van der Waals surface area contributed by atoms with Gasteiger partial charge in [-0.25, -0.2) is 0 Å². The van der Waals surface area contributed by atoms with E-state index in [1.165, 1.54) is 0 Å². The maximum atomic E-state index is 5.67. The van der Waals surface area contributed by atoms with Crippen molar-refractivity contribution < 1.29 is 0 Å². The molecule has 0 aliphatic carbocycles. The Balaban J connectivity index is 6.40. The Kier molecular flexibility index (Phi) is 6.48. The third-order valence-corrected chi connectivity index (χ3v) is 22.5. The van der Waals surface area contributed by atoms with Gasteiger partial charge in [-0.15, -0.1) is 0 Å². The van der Waals surface area contributed by atoms with E-state index in [0.29, 0.717) is 0 Å². The fraction of sp³-hybridized carbons (Fsp3) is 1.00. The molecule has 20 heavy (non-hydrogen) atoms. The fourth-order valence-corrected chi connectivity index (χ4v) is 13.9. The first-order valence-electron chi connectivity index (χ1n) is 7.48. The first-order chi connectivity index (χ1) is 8.34. The predicted molar refractivity (Wildman–Crippen MR) is 101 cm³/mol. The van der Waals surface area contributed by atoms with Crippen molar-refractivity contribution in [2.24, 2.45) is 4.52 Å². The van der Waals surface area contributed by atoms with Gasteiger partial charge in [-0.3, -0.25) is 0 Å². The average molecular weight is 432 g/mol. The summed E-state index contributed by atoms with van der Waals surface area (Å²) in [7, 11) is -0.382. The van der Waals surface area contributed by atoms with Crippen molar-refractivity contribution in [3.05, 3.63) is 0 Å². The molecule has 0 heterocycles. The van der Waals surface area contributed by atoms with Gasteiger partial charge in [-0.05, 0) is 0 Å². The van der Waals surface area contributed by atoms with E-state index in [-0.39, 0.29) is 28.3 Å². The van der Waals surface area contributed by atoms with Crippen molar-refractivity contribution in [1.82, 2.24) is 0 Å². The zero-order chi connectivity index (χ0) is 16.8. The predicted octanol–water partition coefficient (Wildman–Crippen LogP) is 6.86. The monoisotopic (exact) mass is 434 g/mol. The Labute approximate surface area is 141 Å². The second-order valence-electron chi connectivity index (χ2n) is 9.66. The van der Waals surface area contributed by atoms with E-state index in [1.54, 1.807) is 0 Å². The molecule has 0 unspecified atom stereocenters. The van der Waals surface area contributed by atoms with Crippen molar-refractivity contribution in [2.45, 2.75) is 104 Å². The van der Waals surface area contributed by atoms with Gasteiger partial charge in [-0.1, -0.05) is 0 Å². The van der Waals surface area contributed by atoms with Gasteiger partial charge in [0.1, 0.15) is 0 Å². The molecule has 0 aromatic rings. The summed E-state index contributed by atoms with van der Waals surface area (Å²) in [6.45, 7) is 28.5. The molecule has 120 valence electrons. The van der Waals surface area contributed by atoms with Crippen molar-refractivity contribution in [2.75, 3.05) is 0 Å². The molecule has 4 heteroatoms. The van der Waals surface area contributed by atoms with Gasteiger partial charge in [0.15, 0.2) is 0 Å². The minimum absolute atomic E-state index is 0.271. The molecule has 0 aliphatic heterocycles. The standard InChI is InChI=1S/C16H36NP2Te/c1-13(2,3)18(14(4,5)6)17-19(20,15(7,8)9)16(10,11)12/h1-12H3/q+1. The second kappa shape index (κ2) is 6.08. The molecule has 0 aromatic heterocycles. The molecule has 0 saturated carbocycles. The second-order valence-corrected chi connectivity index (χ2v) is 22.0. The Hall–Kier alpha value is 1.32. The maximum absolute atomic E-state index is 5.67. The zero-order valence-electron chi connectivity index (χ0n) is 15.7. The fourth-order valence-electron chi connectivity index (χ4n) is 2.68. The molecule has 0 radical (unpaired) electrons. The van der Waals surface area contributed by atoms with E-state index >= 15 is 0 Å². The molecule has 0 spiro atoms. The van der Waals surface area contributed by atoms with Crippen LogP contribution in [0.3, 0.4) is 0 Å². The molecule has 0 saturated heterocycles. The van der Waals surface area contributed by atoms with Crippen LogP contribution in [0.25, 0.3) is 0 Å². The van der Waals surface area contributed by atoms with Gasteiger partial charge < -0.3 is 0 Å².